The van der Waals surface area contributed by atoms with E-state index in [0.717, 1.165) is 23.6 Å². The summed E-state index contributed by atoms with van der Waals surface area (Å²) in [6.45, 7) is 4.43. The minimum atomic E-state index is 0.706. The van der Waals surface area contributed by atoms with Crippen LogP contribution in [-0.2, 0) is 6.42 Å². The van der Waals surface area contributed by atoms with Crippen molar-refractivity contribution in [2.75, 3.05) is 7.11 Å². The van der Waals surface area contributed by atoms with Crippen molar-refractivity contribution >= 4 is 11.6 Å². The summed E-state index contributed by atoms with van der Waals surface area (Å²) in [6.07, 6.45) is 2.18. The van der Waals surface area contributed by atoms with E-state index in [4.69, 9.17) is 16.3 Å². The van der Waals surface area contributed by atoms with Crippen LogP contribution in [0.2, 0.25) is 5.02 Å². The van der Waals surface area contributed by atoms with Gasteiger partial charge in [0.05, 0.1) is 7.11 Å². The van der Waals surface area contributed by atoms with Crippen LogP contribution in [0.4, 0.5) is 0 Å². The first-order valence-electron chi connectivity index (χ1n) is 4.96. The average Bonchev–Trinajstić information content (AvgIpc) is 2.16. The second-order valence-corrected chi connectivity index (χ2v) is 4.30. The fourth-order valence-corrected chi connectivity index (χ4v) is 1.53. The van der Waals surface area contributed by atoms with E-state index in [0.29, 0.717) is 5.92 Å². The van der Waals surface area contributed by atoms with Crippen LogP contribution < -0.4 is 4.74 Å². The van der Waals surface area contributed by atoms with Gasteiger partial charge in [-0.3, -0.25) is 0 Å². The Balaban J connectivity index is 2.73. The first-order chi connectivity index (χ1) is 6.63. The maximum Gasteiger partial charge on any atom is 0.119 e. The molecule has 0 N–H and O–H groups in total. The lowest BCUT2D eigenvalue weighted by Crippen LogP contribution is -1.94. The van der Waals surface area contributed by atoms with Crippen LogP contribution in [0.15, 0.2) is 18.2 Å². The second-order valence-electron chi connectivity index (χ2n) is 3.89. The van der Waals surface area contributed by atoms with Crippen LogP contribution in [0.5, 0.6) is 5.75 Å². The van der Waals surface area contributed by atoms with Crippen molar-refractivity contribution in [2.45, 2.75) is 26.7 Å². The lowest BCUT2D eigenvalue weighted by Gasteiger charge is -2.08. The van der Waals surface area contributed by atoms with Crippen LogP contribution in [0.3, 0.4) is 0 Å². The number of benzene rings is 1. The minimum Gasteiger partial charge on any atom is -0.497 e. The molecule has 0 aliphatic rings. The highest BCUT2D eigenvalue weighted by Gasteiger charge is 2.03. The van der Waals surface area contributed by atoms with Gasteiger partial charge in [-0.2, -0.15) is 0 Å². The molecule has 0 saturated heterocycles. The first kappa shape index (κ1) is 11.4. The van der Waals surface area contributed by atoms with E-state index in [1.54, 1.807) is 7.11 Å². The van der Waals surface area contributed by atoms with E-state index in [1.165, 1.54) is 5.56 Å². The highest BCUT2D eigenvalue weighted by molar-refractivity contribution is 6.31. The van der Waals surface area contributed by atoms with E-state index in [1.807, 2.05) is 18.2 Å². The smallest absolute Gasteiger partial charge is 0.119 e. The second kappa shape index (κ2) is 5.26. The summed E-state index contributed by atoms with van der Waals surface area (Å²) in [5, 5.41) is 0.839. The average molecular weight is 213 g/mol. The van der Waals surface area contributed by atoms with E-state index < -0.39 is 0 Å². The molecule has 1 aromatic rings. The summed E-state index contributed by atoms with van der Waals surface area (Å²) >= 11 is 6.08. The van der Waals surface area contributed by atoms with Crippen molar-refractivity contribution < 1.29 is 4.74 Å². The van der Waals surface area contributed by atoms with Crippen molar-refractivity contribution in [2.24, 2.45) is 5.92 Å². The normalized spacial score (nSPS) is 10.6. The summed E-state index contributed by atoms with van der Waals surface area (Å²) in [7, 11) is 1.68. The number of aryl methyl sites for hydroxylation is 1. The van der Waals surface area contributed by atoms with Gasteiger partial charge in [0.2, 0.25) is 0 Å². The maximum absolute atomic E-state index is 6.08. The van der Waals surface area contributed by atoms with Crippen molar-refractivity contribution in [1.29, 1.82) is 0 Å². The third-order valence-electron chi connectivity index (χ3n) is 2.24. The molecule has 0 atom stereocenters. The predicted molar refractivity (Wildman–Crippen MR) is 61.2 cm³/mol. The number of ether oxygens (including phenoxy) is 1. The standard InChI is InChI=1S/C12H17ClO/c1-9(2)4-5-10-8-11(14-3)6-7-12(10)13/h6-9H,4-5H2,1-3H3. The zero-order valence-corrected chi connectivity index (χ0v) is 9.77. The summed E-state index contributed by atoms with van der Waals surface area (Å²) in [6, 6.07) is 5.81. The molecular formula is C12H17ClO. The third-order valence-corrected chi connectivity index (χ3v) is 2.61. The number of halogens is 1. The monoisotopic (exact) mass is 212 g/mol. The summed E-state index contributed by atoms with van der Waals surface area (Å²) < 4.78 is 5.16. The van der Waals surface area contributed by atoms with E-state index >= 15 is 0 Å². The van der Waals surface area contributed by atoms with Crippen molar-refractivity contribution in [3.8, 4) is 5.75 Å². The molecule has 0 unspecified atom stereocenters. The molecule has 0 aliphatic carbocycles. The number of hydrogen-bond acceptors (Lipinski definition) is 1. The SMILES string of the molecule is COc1ccc(Cl)c(CCC(C)C)c1. The van der Waals surface area contributed by atoms with Crippen LogP contribution >= 0.6 is 11.6 Å². The molecule has 0 bridgehead atoms. The largest absolute Gasteiger partial charge is 0.497 e. The zero-order chi connectivity index (χ0) is 10.6. The van der Waals surface area contributed by atoms with Gasteiger partial charge >= 0.3 is 0 Å². The van der Waals surface area contributed by atoms with Gasteiger partial charge in [0.1, 0.15) is 5.75 Å². The van der Waals surface area contributed by atoms with Crippen LogP contribution in [0, 0.1) is 5.92 Å². The van der Waals surface area contributed by atoms with Gasteiger partial charge < -0.3 is 4.74 Å². The Morgan fingerprint density at radius 2 is 2.07 bits per heavy atom. The highest BCUT2D eigenvalue weighted by atomic mass is 35.5. The number of methoxy groups -OCH3 is 1. The Morgan fingerprint density at radius 1 is 1.36 bits per heavy atom. The van der Waals surface area contributed by atoms with Crippen molar-refractivity contribution in [1.82, 2.24) is 0 Å². The van der Waals surface area contributed by atoms with Crippen LogP contribution in [-0.4, -0.2) is 7.11 Å². The maximum atomic E-state index is 6.08. The van der Waals surface area contributed by atoms with Gasteiger partial charge in [-0.05, 0) is 42.5 Å². The molecule has 14 heavy (non-hydrogen) atoms. The zero-order valence-electron chi connectivity index (χ0n) is 9.01. The Hall–Kier alpha value is -0.690. The third kappa shape index (κ3) is 3.22. The van der Waals surface area contributed by atoms with Crippen molar-refractivity contribution in [3.63, 3.8) is 0 Å². The summed E-state index contributed by atoms with van der Waals surface area (Å²) in [5.41, 5.74) is 1.18. The Kier molecular flexibility index (Phi) is 4.27. The lowest BCUT2D eigenvalue weighted by molar-refractivity contribution is 0.414. The van der Waals surface area contributed by atoms with Gasteiger partial charge in [-0.25, -0.2) is 0 Å². The Morgan fingerprint density at radius 3 is 2.64 bits per heavy atom. The molecule has 78 valence electrons. The highest BCUT2D eigenvalue weighted by Crippen LogP contribution is 2.24. The fourth-order valence-electron chi connectivity index (χ4n) is 1.31. The molecular weight excluding hydrogens is 196 g/mol. The predicted octanol–water partition coefficient (Wildman–Crippen LogP) is 3.94. The van der Waals surface area contributed by atoms with Gasteiger partial charge in [0.15, 0.2) is 0 Å². The molecule has 0 fully saturated rings. The molecule has 0 saturated carbocycles. The van der Waals surface area contributed by atoms with Gasteiger partial charge in [-0.15, -0.1) is 0 Å². The Labute approximate surface area is 91.0 Å². The minimum absolute atomic E-state index is 0.706. The van der Waals surface area contributed by atoms with E-state index in [9.17, 15) is 0 Å². The van der Waals surface area contributed by atoms with Crippen LogP contribution in [0.25, 0.3) is 0 Å². The molecule has 0 aromatic heterocycles. The summed E-state index contributed by atoms with van der Waals surface area (Å²) in [4.78, 5) is 0. The molecule has 0 amide bonds. The lowest BCUT2D eigenvalue weighted by atomic mass is 10.0. The Bertz CT molecular complexity index is 294. The van der Waals surface area contributed by atoms with Gasteiger partial charge in [0, 0.05) is 5.02 Å². The molecule has 1 rings (SSSR count). The molecule has 0 spiro atoms. The molecule has 0 heterocycles. The van der Waals surface area contributed by atoms with Gasteiger partial charge in [-0.1, -0.05) is 25.4 Å². The quantitative estimate of drug-likeness (QED) is 0.735. The van der Waals surface area contributed by atoms with Gasteiger partial charge in [0.25, 0.3) is 0 Å². The first-order valence-corrected chi connectivity index (χ1v) is 5.33. The number of hydrogen-bond donors (Lipinski definition) is 0. The molecule has 2 heteroatoms. The number of rotatable bonds is 4. The van der Waals surface area contributed by atoms with Crippen LogP contribution in [0.1, 0.15) is 25.8 Å². The molecule has 0 aliphatic heterocycles. The molecule has 1 aromatic carbocycles. The molecule has 1 nitrogen and oxygen atoms in total. The molecule has 0 radical (unpaired) electrons. The fraction of sp³-hybridized carbons (Fsp3) is 0.500. The topological polar surface area (TPSA) is 9.23 Å². The van der Waals surface area contributed by atoms with E-state index in [-0.39, 0.29) is 0 Å². The van der Waals surface area contributed by atoms with Crippen molar-refractivity contribution in [3.05, 3.63) is 28.8 Å². The summed E-state index contributed by atoms with van der Waals surface area (Å²) in [5.74, 6) is 1.59. The van der Waals surface area contributed by atoms with E-state index in [2.05, 4.69) is 13.8 Å².